The van der Waals surface area contributed by atoms with Crippen LogP contribution in [0.4, 0.5) is 0 Å². The fraction of sp³-hybridized carbons (Fsp3) is 0.696. The van der Waals surface area contributed by atoms with Crippen molar-refractivity contribution < 1.29 is 0 Å². The predicted octanol–water partition coefficient (Wildman–Crippen LogP) is 3.62. The highest BCUT2D eigenvalue weighted by atomic mass is 32.1. The molecule has 31 heavy (non-hydrogen) atoms. The Balaban J connectivity index is 1.53. The lowest BCUT2D eigenvalue weighted by atomic mass is 9.97. The first kappa shape index (κ1) is 23.7. The SMILES string of the molecule is CCNC(=NCC1CCN(Cc2csc(C)n2)CC1)N(C)Cc1cn(C)nc1C(C)C. The van der Waals surface area contributed by atoms with Crippen LogP contribution < -0.4 is 5.32 Å². The first-order valence-electron chi connectivity index (χ1n) is 11.5. The van der Waals surface area contributed by atoms with Gasteiger partial charge in [-0.05, 0) is 51.6 Å². The molecule has 0 spiro atoms. The lowest BCUT2D eigenvalue weighted by Crippen LogP contribution is -2.39. The third-order valence-corrected chi connectivity index (χ3v) is 6.67. The molecule has 0 amide bonds. The zero-order valence-corrected chi connectivity index (χ0v) is 20.9. The maximum atomic E-state index is 5.00. The van der Waals surface area contributed by atoms with Gasteiger partial charge in [-0.2, -0.15) is 5.10 Å². The Hall–Kier alpha value is -1.93. The monoisotopic (exact) mass is 445 g/mol. The molecule has 2 aromatic rings. The highest BCUT2D eigenvalue weighted by Crippen LogP contribution is 2.21. The van der Waals surface area contributed by atoms with E-state index in [-0.39, 0.29) is 0 Å². The number of piperidine rings is 1. The second-order valence-corrected chi connectivity index (χ2v) is 10.1. The van der Waals surface area contributed by atoms with E-state index in [1.165, 1.54) is 29.8 Å². The van der Waals surface area contributed by atoms with Crippen LogP contribution >= 0.6 is 11.3 Å². The van der Waals surface area contributed by atoms with E-state index in [0.29, 0.717) is 11.8 Å². The van der Waals surface area contributed by atoms with Gasteiger partial charge in [0.25, 0.3) is 0 Å². The number of hydrogen-bond donors (Lipinski definition) is 1. The van der Waals surface area contributed by atoms with Crippen molar-refractivity contribution >= 4 is 17.3 Å². The fourth-order valence-electron chi connectivity index (χ4n) is 4.22. The number of guanidine groups is 1. The van der Waals surface area contributed by atoms with Crippen molar-refractivity contribution in [1.82, 2.24) is 29.9 Å². The van der Waals surface area contributed by atoms with Crippen molar-refractivity contribution in [3.63, 3.8) is 0 Å². The molecular formula is C23H39N7S. The maximum absolute atomic E-state index is 5.00. The molecule has 1 N–H and O–H groups in total. The van der Waals surface area contributed by atoms with Crippen LogP contribution in [0.3, 0.4) is 0 Å². The van der Waals surface area contributed by atoms with Crippen LogP contribution in [0.5, 0.6) is 0 Å². The molecule has 1 fully saturated rings. The summed E-state index contributed by atoms with van der Waals surface area (Å²) in [5.74, 6) is 2.06. The molecule has 0 bridgehead atoms. The fourth-order valence-corrected chi connectivity index (χ4v) is 4.82. The second-order valence-electron chi connectivity index (χ2n) is 9.00. The van der Waals surface area contributed by atoms with Gasteiger partial charge in [0, 0.05) is 57.4 Å². The van der Waals surface area contributed by atoms with E-state index in [1.807, 2.05) is 11.7 Å². The average Bonchev–Trinajstić information content (AvgIpc) is 3.31. The first-order chi connectivity index (χ1) is 14.9. The molecule has 8 heteroatoms. The van der Waals surface area contributed by atoms with Crippen molar-refractivity contribution in [3.05, 3.63) is 33.5 Å². The van der Waals surface area contributed by atoms with Gasteiger partial charge >= 0.3 is 0 Å². The van der Waals surface area contributed by atoms with Gasteiger partial charge in [0.1, 0.15) is 0 Å². The third kappa shape index (κ3) is 6.77. The topological polar surface area (TPSA) is 61.6 Å². The van der Waals surface area contributed by atoms with Crippen molar-refractivity contribution in [3.8, 4) is 0 Å². The van der Waals surface area contributed by atoms with E-state index in [2.05, 4.69) is 71.5 Å². The number of aliphatic imine (C=N–C) groups is 1. The van der Waals surface area contributed by atoms with Gasteiger partial charge in [-0.1, -0.05) is 13.8 Å². The quantitative estimate of drug-likeness (QED) is 0.497. The van der Waals surface area contributed by atoms with Gasteiger partial charge in [-0.15, -0.1) is 11.3 Å². The summed E-state index contributed by atoms with van der Waals surface area (Å²) in [5, 5.41) is 11.5. The molecule has 172 valence electrons. The Bertz CT molecular complexity index is 846. The van der Waals surface area contributed by atoms with Crippen LogP contribution in [0, 0.1) is 12.8 Å². The molecule has 1 saturated heterocycles. The molecule has 0 saturated carbocycles. The number of nitrogens with one attached hydrogen (secondary N) is 1. The molecule has 0 radical (unpaired) electrons. The normalized spacial score (nSPS) is 16.3. The summed E-state index contributed by atoms with van der Waals surface area (Å²) < 4.78 is 1.92. The molecule has 7 nitrogen and oxygen atoms in total. The number of thiazole rings is 1. The lowest BCUT2D eigenvalue weighted by molar-refractivity contribution is 0.179. The van der Waals surface area contributed by atoms with Gasteiger partial charge < -0.3 is 10.2 Å². The molecule has 1 aliphatic rings. The first-order valence-corrected chi connectivity index (χ1v) is 12.4. The van der Waals surface area contributed by atoms with Crippen molar-refractivity contribution in [2.75, 3.05) is 33.2 Å². The van der Waals surface area contributed by atoms with Crippen LogP contribution in [0.2, 0.25) is 0 Å². The summed E-state index contributed by atoms with van der Waals surface area (Å²) in [6.45, 7) is 14.4. The van der Waals surface area contributed by atoms with Crippen LogP contribution in [0.25, 0.3) is 0 Å². The molecule has 0 aliphatic carbocycles. The summed E-state index contributed by atoms with van der Waals surface area (Å²) in [4.78, 5) is 14.4. The number of rotatable bonds is 8. The zero-order chi connectivity index (χ0) is 22.4. The van der Waals surface area contributed by atoms with E-state index in [0.717, 1.165) is 50.2 Å². The average molecular weight is 446 g/mol. The summed E-state index contributed by atoms with van der Waals surface area (Å²) in [7, 11) is 4.12. The Morgan fingerprint density at radius 1 is 1.35 bits per heavy atom. The van der Waals surface area contributed by atoms with Crippen LogP contribution in [-0.2, 0) is 20.1 Å². The van der Waals surface area contributed by atoms with Gasteiger partial charge in [0.05, 0.1) is 16.4 Å². The Morgan fingerprint density at radius 2 is 2.10 bits per heavy atom. The Morgan fingerprint density at radius 3 is 2.71 bits per heavy atom. The highest BCUT2D eigenvalue weighted by Gasteiger charge is 2.21. The molecular weight excluding hydrogens is 406 g/mol. The second kappa shape index (κ2) is 11.1. The third-order valence-electron chi connectivity index (χ3n) is 5.85. The number of aromatic nitrogens is 3. The van der Waals surface area contributed by atoms with E-state index < -0.39 is 0 Å². The lowest BCUT2D eigenvalue weighted by Gasteiger charge is -2.31. The summed E-state index contributed by atoms with van der Waals surface area (Å²) in [6.07, 6.45) is 4.54. The van der Waals surface area contributed by atoms with Gasteiger partial charge in [-0.3, -0.25) is 14.6 Å². The van der Waals surface area contributed by atoms with Crippen LogP contribution in [0.15, 0.2) is 16.6 Å². The smallest absolute Gasteiger partial charge is 0.193 e. The molecule has 3 rings (SSSR count). The molecule has 2 aromatic heterocycles. The van der Waals surface area contributed by atoms with Gasteiger partial charge in [-0.25, -0.2) is 4.98 Å². The Kier molecular flexibility index (Phi) is 8.49. The summed E-state index contributed by atoms with van der Waals surface area (Å²) in [5.41, 5.74) is 3.66. The Labute approximate surface area is 191 Å². The molecule has 0 atom stereocenters. The minimum atomic E-state index is 0.419. The number of hydrogen-bond acceptors (Lipinski definition) is 5. The van der Waals surface area contributed by atoms with E-state index in [4.69, 9.17) is 4.99 Å². The zero-order valence-electron chi connectivity index (χ0n) is 20.1. The van der Waals surface area contributed by atoms with Gasteiger partial charge in [0.15, 0.2) is 5.96 Å². The van der Waals surface area contributed by atoms with Crippen molar-refractivity contribution in [2.45, 2.75) is 59.5 Å². The minimum Gasteiger partial charge on any atom is -0.357 e. The van der Waals surface area contributed by atoms with Crippen molar-refractivity contribution in [2.24, 2.45) is 18.0 Å². The van der Waals surface area contributed by atoms with Gasteiger partial charge in [0.2, 0.25) is 0 Å². The summed E-state index contributed by atoms with van der Waals surface area (Å²) in [6, 6.07) is 0. The molecule has 0 aromatic carbocycles. The minimum absolute atomic E-state index is 0.419. The van der Waals surface area contributed by atoms with Crippen LogP contribution in [-0.4, -0.2) is 63.8 Å². The molecule has 3 heterocycles. The van der Waals surface area contributed by atoms with E-state index in [1.54, 1.807) is 11.3 Å². The number of aryl methyl sites for hydroxylation is 2. The van der Waals surface area contributed by atoms with Crippen molar-refractivity contribution in [1.29, 1.82) is 0 Å². The maximum Gasteiger partial charge on any atom is 0.193 e. The van der Waals surface area contributed by atoms with E-state index >= 15 is 0 Å². The molecule has 1 aliphatic heterocycles. The summed E-state index contributed by atoms with van der Waals surface area (Å²) >= 11 is 1.74. The predicted molar refractivity (Wildman–Crippen MR) is 130 cm³/mol. The van der Waals surface area contributed by atoms with E-state index in [9.17, 15) is 0 Å². The number of nitrogens with zero attached hydrogens (tertiary/aromatic N) is 6. The highest BCUT2D eigenvalue weighted by molar-refractivity contribution is 7.09. The van der Waals surface area contributed by atoms with Crippen LogP contribution in [0.1, 0.15) is 61.5 Å². The standard InChI is InChI=1S/C23H39N7S/c1-7-24-23(28(5)13-20-14-29(6)27-22(20)17(2)3)25-12-19-8-10-30(11-9-19)15-21-16-31-18(4)26-21/h14,16-17,19H,7-13,15H2,1-6H3,(H,24,25). The largest absolute Gasteiger partial charge is 0.357 e. The number of likely N-dealkylation sites (tertiary alicyclic amines) is 1. The molecule has 0 unspecified atom stereocenters.